The van der Waals surface area contributed by atoms with Crippen molar-refractivity contribution in [3.05, 3.63) is 65.7 Å². The molecule has 3 nitrogen and oxygen atoms in total. The lowest BCUT2D eigenvalue weighted by Crippen LogP contribution is -2.10. The van der Waals surface area contributed by atoms with E-state index >= 15 is 0 Å². The zero-order valence-electron chi connectivity index (χ0n) is 13.6. The number of hydrogen-bond donors (Lipinski definition) is 1. The molecule has 2 aromatic rings. The van der Waals surface area contributed by atoms with Gasteiger partial charge in [0.1, 0.15) is 5.75 Å². The summed E-state index contributed by atoms with van der Waals surface area (Å²) >= 11 is 0. The molecule has 0 fully saturated rings. The molecule has 0 unspecified atom stereocenters. The second-order valence-corrected chi connectivity index (χ2v) is 5.29. The van der Waals surface area contributed by atoms with Crippen LogP contribution in [-0.4, -0.2) is 12.5 Å². The lowest BCUT2D eigenvalue weighted by atomic mass is 10.1. The van der Waals surface area contributed by atoms with E-state index in [1.165, 1.54) is 18.2 Å². The topological polar surface area (TPSA) is 38.3 Å². The maximum atomic E-state index is 12.7. The van der Waals surface area contributed by atoms with Crippen molar-refractivity contribution >= 4 is 17.7 Å². The van der Waals surface area contributed by atoms with E-state index in [2.05, 4.69) is 5.32 Å². The van der Waals surface area contributed by atoms with Gasteiger partial charge in [-0.05, 0) is 36.8 Å². The molecule has 1 N–H and O–H groups in total. The molecule has 0 aliphatic rings. The zero-order valence-corrected chi connectivity index (χ0v) is 13.6. The lowest BCUT2D eigenvalue weighted by molar-refractivity contribution is -0.137. The number of para-hydroxylation sites is 1. The second kappa shape index (κ2) is 8.37. The fourth-order valence-corrected chi connectivity index (χ4v) is 2.08. The highest BCUT2D eigenvalue weighted by atomic mass is 19.4. The van der Waals surface area contributed by atoms with Crippen molar-refractivity contribution in [1.29, 1.82) is 0 Å². The average molecular weight is 349 g/mol. The molecule has 0 aliphatic heterocycles. The highest BCUT2D eigenvalue weighted by Crippen LogP contribution is 2.30. The Morgan fingerprint density at radius 3 is 2.64 bits per heavy atom. The van der Waals surface area contributed by atoms with E-state index in [1.807, 2.05) is 19.1 Å². The van der Waals surface area contributed by atoms with E-state index in [-0.39, 0.29) is 5.69 Å². The summed E-state index contributed by atoms with van der Waals surface area (Å²) in [6, 6.07) is 11.7. The number of nitrogens with one attached hydrogen (secondary N) is 1. The molecule has 25 heavy (non-hydrogen) atoms. The zero-order chi connectivity index (χ0) is 18.3. The standard InChI is InChI=1S/C19H18F3NO2/c1-2-12-25-17-9-4-3-6-14(17)10-11-18(24)23-16-8-5-7-15(13-16)19(20,21)22/h3-11,13H,2,12H2,1H3,(H,23,24)/b11-10+. The molecule has 0 radical (unpaired) electrons. The molecule has 0 atom stereocenters. The third-order valence-corrected chi connectivity index (χ3v) is 3.25. The van der Waals surface area contributed by atoms with Crippen LogP contribution in [0, 0.1) is 0 Å². The minimum absolute atomic E-state index is 0.0833. The number of halogens is 3. The van der Waals surface area contributed by atoms with Gasteiger partial charge in [-0.1, -0.05) is 31.2 Å². The van der Waals surface area contributed by atoms with Gasteiger partial charge in [-0.2, -0.15) is 13.2 Å². The number of alkyl halides is 3. The normalized spacial score (nSPS) is 11.5. The molecule has 0 bridgehead atoms. The first-order chi connectivity index (χ1) is 11.9. The van der Waals surface area contributed by atoms with Gasteiger partial charge in [0.25, 0.3) is 0 Å². The van der Waals surface area contributed by atoms with E-state index in [0.717, 1.165) is 24.1 Å². The van der Waals surface area contributed by atoms with Crippen LogP contribution in [0.15, 0.2) is 54.6 Å². The number of benzene rings is 2. The number of carbonyl (C=O) groups excluding carboxylic acids is 1. The number of rotatable bonds is 6. The number of ether oxygens (including phenoxy) is 1. The molecule has 1 amide bonds. The number of hydrogen-bond acceptors (Lipinski definition) is 2. The molecule has 0 aromatic heterocycles. The molecular weight excluding hydrogens is 331 g/mol. The summed E-state index contributed by atoms with van der Waals surface area (Å²) in [7, 11) is 0. The molecule has 0 saturated carbocycles. The van der Waals surface area contributed by atoms with Crippen molar-refractivity contribution in [3.63, 3.8) is 0 Å². The third kappa shape index (κ3) is 5.67. The van der Waals surface area contributed by atoms with Gasteiger partial charge in [-0.15, -0.1) is 0 Å². The molecule has 0 heterocycles. The van der Waals surface area contributed by atoms with Gasteiger partial charge in [0.05, 0.1) is 12.2 Å². The Hall–Kier alpha value is -2.76. The molecule has 0 saturated heterocycles. The van der Waals surface area contributed by atoms with Crippen LogP contribution in [0.25, 0.3) is 6.08 Å². The molecule has 0 aliphatic carbocycles. The van der Waals surface area contributed by atoms with Crippen LogP contribution < -0.4 is 10.1 Å². The van der Waals surface area contributed by atoms with Crippen LogP contribution in [0.5, 0.6) is 5.75 Å². The SMILES string of the molecule is CCCOc1ccccc1/C=C/C(=O)Nc1cccc(C(F)(F)F)c1. The summed E-state index contributed by atoms with van der Waals surface area (Å²) < 4.78 is 43.6. The summed E-state index contributed by atoms with van der Waals surface area (Å²) in [6.07, 6.45) is -0.775. The maximum absolute atomic E-state index is 12.7. The van der Waals surface area contributed by atoms with Gasteiger partial charge in [0.15, 0.2) is 0 Å². The van der Waals surface area contributed by atoms with Crippen LogP contribution >= 0.6 is 0 Å². The summed E-state index contributed by atoms with van der Waals surface area (Å²) in [5.74, 6) is 0.122. The number of carbonyl (C=O) groups is 1. The number of amides is 1. The largest absolute Gasteiger partial charge is 0.493 e. The minimum Gasteiger partial charge on any atom is -0.493 e. The fourth-order valence-electron chi connectivity index (χ4n) is 2.08. The van der Waals surface area contributed by atoms with Crippen LogP contribution in [0.4, 0.5) is 18.9 Å². The van der Waals surface area contributed by atoms with Crippen LogP contribution in [0.2, 0.25) is 0 Å². The van der Waals surface area contributed by atoms with Gasteiger partial charge in [0.2, 0.25) is 5.91 Å². The number of anilines is 1. The minimum atomic E-state index is -4.45. The van der Waals surface area contributed by atoms with Crippen LogP contribution in [-0.2, 0) is 11.0 Å². The summed E-state index contributed by atoms with van der Waals surface area (Å²) in [6.45, 7) is 2.54. The maximum Gasteiger partial charge on any atom is 0.416 e. The van der Waals surface area contributed by atoms with Gasteiger partial charge >= 0.3 is 6.18 Å². The molecular formula is C19H18F3NO2. The van der Waals surface area contributed by atoms with Crippen molar-refractivity contribution in [1.82, 2.24) is 0 Å². The van der Waals surface area contributed by atoms with E-state index in [4.69, 9.17) is 4.74 Å². The molecule has 6 heteroatoms. The van der Waals surface area contributed by atoms with Gasteiger partial charge in [0, 0.05) is 17.3 Å². The van der Waals surface area contributed by atoms with Crippen molar-refractivity contribution in [2.75, 3.05) is 11.9 Å². The van der Waals surface area contributed by atoms with E-state index < -0.39 is 17.6 Å². The summed E-state index contributed by atoms with van der Waals surface area (Å²) in [5.41, 5.74) is -0.0114. The van der Waals surface area contributed by atoms with E-state index in [1.54, 1.807) is 18.2 Å². The van der Waals surface area contributed by atoms with Crippen LogP contribution in [0.3, 0.4) is 0 Å². The van der Waals surface area contributed by atoms with Gasteiger partial charge < -0.3 is 10.1 Å². The summed E-state index contributed by atoms with van der Waals surface area (Å²) in [5, 5.41) is 2.42. The Kier molecular flexibility index (Phi) is 6.22. The van der Waals surface area contributed by atoms with Gasteiger partial charge in [-0.3, -0.25) is 4.79 Å². The van der Waals surface area contributed by atoms with Crippen LogP contribution in [0.1, 0.15) is 24.5 Å². The fraction of sp³-hybridized carbons (Fsp3) is 0.211. The Labute approximate surface area is 144 Å². The molecule has 132 valence electrons. The summed E-state index contributed by atoms with van der Waals surface area (Å²) in [4.78, 5) is 12.0. The quantitative estimate of drug-likeness (QED) is 0.733. The predicted molar refractivity (Wildman–Crippen MR) is 91.3 cm³/mol. The first-order valence-corrected chi connectivity index (χ1v) is 7.78. The Bertz CT molecular complexity index is 754. The lowest BCUT2D eigenvalue weighted by Gasteiger charge is -2.09. The molecule has 2 aromatic carbocycles. The van der Waals surface area contributed by atoms with E-state index in [9.17, 15) is 18.0 Å². The third-order valence-electron chi connectivity index (χ3n) is 3.25. The van der Waals surface area contributed by atoms with Gasteiger partial charge in [-0.25, -0.2) is 0 Å². The van der Waals surface area contributed by atoms with Crippen molar-refractivity contribution in [2.24, 2.45) is 0 Å². The van der Waals surface area contributed by atoms with E-state index in [0.29, 0.717) is 12.4 Å². The Morgan fingerprint density at radius 2 is 1.92 bits per heavy atom. The van der Waals surface area contributed by atoms with Crippen molar-refractivity contribution in [2.45, 2.75) is 19.5 Å². The van der Waals surface area contributed by atoms with Crippen molar-refractivity contribution < 1.29 is 22.7 Å². The smallest absolute Gasteiger partial charge is 0.416 e. The monoisotopic (exact) mass is 349 g/mol. The Morgan fingerprint density at radius 1 is 1.16 bits per heavy atom. The average Bonchev–Trinajstić information content (AvgIpc) is 2.58. The first-order valence-electron chi connectivity index (χ1n) is 7.78. The highest BCUT2D eigenvalue weighted by molar-refractivity contribution is 6.02. The second-order valence-electron chi connectivity index (χ2n) is 5.29. The molecule has 2 rings (SSSR count). The van der Waals surface area contributed by atoms with Crippen molar-refractivity contribution in [3.8, 4) is 5.75 Å². The first kappa shape index (κ1) is 18.6. The predicted octanol–water partition coefficient (Wildman–Crippen LogP) is 5.15. The Balaban J connectivity index is 2.07. The molecule has 0 spiro atoms. The highest BCUT2D eigenvalue weighted by Gasteiger charge is 2.30.